The molecule has 0 fully saturated rings. The number of halogens is 2. The maximum absolute atomic E-state index is 13.6. The van der Waals surface area contributed by atoms with Gasteiger partial charge < -0.3 is 10.1 Å². The number of hydrogen-bond acceptors (Lipinski definition) is 4. The molecule has 1 amide bonds. The van der Waals surface area contributed by atoms with Crippen molar-refractivity contribution in [1.82, 2.24) is 15.0 Å². The molecule has 0 aliphatic heterocycles. The molecule has 122 valence electrons. The topological polar surface area (TPSA) is 69.0 Å². The van der Waals surface area contributed by atoms with Gasteiger partial charge in [-0.1, -0.05) is 18.2 Å². The van der Waals surface area contributed by atoms with E-state index in [0.29, 0.717) is 5.69 Å². The lowest BCUT2D eigenvalue weighted by Gasteiger charge is -2.07. The van der Waals surface area contributed by atoms with E-state index in [9.17, 15) is 13.6 Å². The van der Waals surface area contributed by atoms with Crippen molar-refractivity contribution in [2.24, 2.45) is 0 Å². The van der Waals surface area contributed by atoms with Crippen LogP contribution in [0, 0.1) is 11.6 Å². The Bertz CT molecular complexity index is 858. The first-order chi connectivity index (χ1) is 11.6. The van der Waals surface area contributed by atoms with Gasteiger partial charge in [0.05, 0.1) is 19.0 Å². The molecule has 0 aliphatic rings. The summed E-state index contributed by atoms with van der Waals surface area (Å²) in [6, 6.07) is 10.9. The van der Waals surface area contributed by atoms with Crippen LogP contribution in [0.5, 0.6) is 5.75 Å². The number of carbonyl (C=O) groups excluding carboxylic acids is 1. The predicted octanol–water partition coefficient (Wildman–Crippen LogP) is 2.81. The molecule has 0 aliphatic carbocycles. The van der Waals surface area contributed by atoms with Gasteiger partial charge in [-0.15, -0.1) is 5.10 Å². The van der Waals surface area contributed by atoms with E-state index >= 15 is 0 Å². The monoisotopic (exact) mass is 330 g/mol. The fraction of sp³-hybridized carbons (Fsp3) is 0.0625. The molecule has 0 spiro atoms. The fourth-order valence-corrected chi connectivity index (χ4v) is 2.08. The zero-order valence-electron chi connectivity index (χ0n) is 12.5. The Balaban J connectivity index is 1.80. The number of amides is 1. The van der Waals surface area contributed by atoms with E-state index in [1.54, 1.807) is 24.3 Å². The molecule has 3 aromatic rings. The van der Waals surface area contributed by atoms with Crippen molar-refractivity contribution in [3.05, 3.63) is 66.0 Å². The molecule has 2 aromatic carbocycles. The third kappa shape index (κ3) is 3.07. The van der Waals surface area contributed by atoms with Gasteiger partial charge in [-0.3, -0.25) is 4.79 Å². The van der Waals surface area contributed by atoms with Gasteiger partial charge in [-0.05, 0) is 12.1 Å². The molecule has 1 aromatic heterocycles. The van der Waals surface area contributed by atoms with Gasteiger partial charge in [-0.2, -0.15) is 9.90 Å². The first kappa shape index (κ1) is 15.6. The second kappa shape index (κ2) is 6.45. The molecule has 0 saturated carbocycles. The number of rotatable bonds is 4. The van der Waals surface area contributed by atoms with Crippen molar-refractivity contribution >= 4 is 11.6 Å². The van der Waals surface area contributed by atoms with E-state index in [1.807, 2.05) is 6.07 Å². The van der Waals surface area contributed by atoms with E-state index in [2.05, 4.69) is 20.3 Å². The third-order valence-electron chi connectivity index (χ3n) is 3.17. The maximum Gasteiger partial charge on any atom is 0.277 e. The van der Waals surface area contributed by atoms with E-state index < -0.39 is 23.3 Å². The third-order valence-corrected chi connectivity index (χ3v) is 3.17. The number of hydrogen-bond donors (Lipinski definition) is 1. The summed E-state index contributed by atoms with van der Waals surface area (Å²) in [7, 11) is 1.15. The molecule has 0 atom stereocenters. The van der Waals surface area contributed by atoms with Crippen LogP contribution in [-0.4, -0.2) is 28.0 Å². The van der Waals surface area contributed by atoms with Gasteiger partial charge in [0.25, 0.3) is 5.91 Å². The minimum Gasteiger partial charge on any atom is -0.491 e. The molecular formula is C16H12F2N4O2. The van der Waals surface area contributed by atoms with Crippen LogP contribution < -0.4 is 10.1 Å². The fourth-order valence-electron chi connectivity index (χ4n) is 2.08. The first-order valence-electron chi connectivity index (χ1n) is 6.90. The Morgan fingerprint density at radius 2 is 1.83 bits per heavy atom. The predicted molar refractivity (Wildman–Crippen MR) is 82.2 cm³/mol. The van der Waals surface area contributed by atoms with E-state index in [1.165, 1.54) is 11.0 Å². The number of carbonyl (C=O) groups is 1. The molecule has 1 heterocycles. The van der Waals surface area contributed by atoms with Crippen molar-refractivity contribution in [2.75, 3.05) is 12.4 Å². The summed E-state index contributed by atoms with van der Waals surface area (Å²) in [6.45, 7) is 0. The molecule has 0 unspecified atom stereocenters. The van der Waals surface area contributed by atoms with Crippen LogP contribution in [0.4, 0.5) is 14.5 Å². The largest absolute Gasteiger partial charge is 0.491 e. The SMILES string of the molecule is COc1c(F)cc(NC(=O)c2cnn(-c3ccccc3)n2)cc1F. The van der Waals surface area contributed by atoms with E-state index in [4.69, 9.17) is 0 Å². The smallest absolute Gasteiger partial charge is 0.277 e. The summed E-state index contributed by atoms with van der Waals surface area (Å²) in [6.07, 6.45) is 1.26. The second-order valence-electron chi connectivity index (χ2n) is 4.78. The first-order valence-corrected chi connectivity index (χ1v) is 6.90. The molecular weight excluding hydrogens is 318 g/mol. The van der Waals surface area contributed by atoms with Gasteiger partial charge in [0, 0.05) is 17.8 Å². The normalized spacial score (nSPS) is 10.5. The van der Waals surface area contributed by atoms with Crippen molar-refractivity contribution in [2.45, 2.75) is 0 Å². The summed E-state index contributed by atoms with van der Waals surface area (Å²) in [5.74, 6) is -2.98. The zero-order chi connectivity index (χ0) is 17.1. The Morgan fingerprint density at radius 3 is 2.46 bits per heavy atom. The average Bonchev–Trinajstić information content (AvgIpc) is 3.05. The Labute approximate surface area is 135 Å². The zero-order valence-corrected chi connectivity index (χ0v) is 12.5. The maximum atomic E-state index is 13.6. The number of ether oxygens (including phenoxy) is 1. The molecule has 0 saturated heterocycles. The van der Waals surface area contributed by atoms with Crippen LogP contribution in [0.25, 0.3) is 5.69 Å². The number of para-hydroxylation sites is 1. The standard InChI is InChI=1S/C16H12F2N4O2/c1-24-15-12(17)7-10(8-13(15)18)20-16(23)14-9-19-22(21-14)11-5-3-2-4-6-11/h2-9H,1H3,(H,20,23). The van der Waals surface area contributed by atoms with Gasteiger partial charge in [-0.25, -0.2) is 8.78 Å². The highest BCUT2D eigenvalue weighted by Gasteiger charge is 2.16. The number of anilines is 1. The number of benzene rings is 2. The lowest BCUT2D eigenvalue weighted by atomic mass is 10.2. The minimum atomic E-state index is -0.916. The summed E-state index contributed by atoms with van der Waals surface area (Å²) in [4.78, 5) is 13.4. The Hall–Kier alpha value is -3.29. The van der Waals surface area contributed by atoms with Crippen molar-refractivity contribution < 1.29 is 18.3 Å². The van der Waals surface area contributed by atoms with Crippen molar-refractivity contribution in [3.8, 4) is 11.4 Å². The molecule has 0 radical (unpaired) electrons. The quantitative estimate of drug-likeness (QED) is 0.799. The van der Waals surface area contributed by atoms with Gasteiger partial charge >= 0.3 is 0 Å². The molecule has 1 N–H and O–H groups in total. The van der Waals surface area contributed by atoms with Crippen LogP contribution in [0.2, 0.25) is 0 Å². The van der Waals surface area contributed by atoms with Crippen molar-refractivity contribution in [3.63, 3.8) is 0 Å². The van der Waals surface area contributed by atoms with Gasteiger partial charge in [0.15, 0.2) is 23.1 Å². The lowest BCUT2D eigenvalue weighted by Crippen LogP contribution is -2.13. The highest BCUT2D eigenvalue weighted by molar-refractivity contribution is 6.02. The molecule has 0 bridgehead atoms. The number of nitrogens with one attached hydrogen (secondary N) is 1. The van der Waals surface area contributed by atoms with Crippen LogP contribution in [0.15, 0.2) is 48.7 Å². The number of aromatic nitrogens is 3. The molecule has 8 heteroatoms. The highest BCUT2D eigenvalue weighted by atomic mass is 19.1. The number of methoxy groups -OCH3 is 1. The Morgan fingerprint density at radius 1 is 1.17 bits per heavy atom. The summed E-state index contributed by atoms with van der Waals surface area (Å²) < 4.78 is 31.9. The highest BCUT2D eigenvalue weighted by Crippen LogP contribution is 2.25. The summed E-state index contributed by atoms with van der Waals surface area (Å²) in [5.41, 5.74) is 0.638. The molecule has 3 rings (SSSR count). The van der Waals surface area contributed by atoms with E-state index in [-0.39, 0.29) is 11.4 Å². The Kier molecular flexibility index (Phi) is 4.19. The van der Waals surface area contributed by atoms with Crippen LogP contribution >= 0.6 is 0 Å². The van der Waals surface area contributed by atoms with Gasteiger partial charge in [0.1, 0.15) is 0 Å². The molecule has 6 nitrogen and oxygen atoms in total. The average molecular weight is 330 g/mol. The van der Waals surface area contributed by atoms with E-state index in [0.717, 1.165) is 19.2 Å². The van der Waals surface area contributed by atoms with Crippen molar-refractivity contribution in [1.29, 1.82) is 0 Å². The lowest BCUT2D eigenvalue weighted by molar-refractivity contribution is 0.102. The summed E-state index contributed by atoms with van der Waals surface area (Å²) in [5, 5.41) is 10.4. The van der Waals surface area contributed by atoms with Crippen LogP contribution in [-0.2, 0) is 0 Å². The molecule has 24 heavy (non-hydrogen) atoms. The summed E-state index contributed by atoms with van der Waals surface area (Å²) >= 11 is 0. The van der Waals surface area contributed by atoms with Crippen LogP contribution in [0.1, 0.15) is 10.5 Å². The van der Waals surface area contributed by atoms with Crippen LogP contribution in [0.3, 0.4) is 0 Å². The number of nitrogens with zero attached hydrogens (tertiary/aromatic N) is 3. The minimum absolute atomic E-state index is 0.00971. The second-order valence-corrected chi connectivity index (χ2v) is 4.78. The van der Waals surface area contributed by atoms with Gasteiger partial charge in [0.2, 0.25) is 0 Å².